The first-order valence-electron chi connectivity index (χ1n) is 4.86. The third-order valence-corrected chi connectivity index (χ3v) is 6.22. The van der Waals surface area contributed by atoms with Crippen LogP contribution < -0.4 is 0 Å². The van der Waals surface area contributed by atoms with Gasteiger partial charge in [-0.2, -0.15) is 0 Å². The lowest BCUT2D eigenvalue weighted by Crippen LogP contribution is -2.05. The zero-order valence-electron chi connectivity index (χ0n) is 9.00. The van der Waals surface area contributed by atoms with Gasteiger partial charge in [-0.15, -0.1) is 0 Å². The average Bonchev–Trinajstić information content (AvgIpc) is 2.28. The van der Waals surface area contributed by atoms with Gasteiger partial charge in [0.2, 0.25) is 0 Å². The number of hydrogen-bond acceptors (Lipinski definition) is 7. The van der Waals surface area contributed by atoms with E-state index < -0.39 is 9.24 Å². The molecule has 5 nitrogen and oxygen atoms in total. The fourth-order valence-electron chi connectivity index (χ4n) is 0.689. The van der Waals surface area contributed by atoms with Crippen LogP contribution in [0.1, 0.15) is 0 Å². The van der Waals surface area contributed by atoms with Crippen molar-refractivity contribution in [2.24, 2.45) is 0 Å². The molecule has 0 aromatic heterocycles. The molecule has 0 aliphatic carbocycles. The van der Waals surface area contributed by atoms with E-state index in [1.165, 1.54) is 21.6 Å². The molecule has 0 rings (SSSR count). The maximum atomic E-state index is 11.3. The van der Waals surface area contributed by atoms with Crippen LogP contribution >= 0.6 is 21.6 Å². The molecule has 0 unspecified atom stereocenters. The molecule has 0 spiro atoms. The van der Waals surface area contributed by atoms with Crippen LogP contribution in [-0.2, 0) is 18.7 Å². The van der Waals surface area contributed by atoms with Gasteiger partial charge in [0.25, 0.3) is 0 Å². The van der Waals surface area contributed by atoms with E-state index >= 15 is 0 Å². The van der Waals surface area contributed by atoms with Crippen molar-refractivity contribution < 1.29 is 24.2 Å². The highest BCUT2D eigenvalue weighted by Gasteiger charge is 2.10. The van der Waals surface area contributed by atoms with Crippen molar-refractivity contribution in [2.75, 3.05) is 51.1 Å². The molecular formula is C8H18O5S3. The van der Waals surface area contributed by atoms with Crippen LogP contribution in [0.4, 0.5) is 0 Å². The molecule has 0 aromatic rings. The fraction of sp³-hybridized carbons (Fsp3) is 1.00. The Labute approximate surface area is 106 Å². The van der Waals surface area contributed by atoms with Crippen LogP contribution in [0.3, 0.4) is 0 Å². The summed E-state index contributed by atoms with van der Waals surface area (Å²) in [4.78, 5) is 0. The first-order chi connectivity index (χ1) is 7.81. The van der Waals surface area contributed by atoms with Gasteiger partial charge in [0.15, 0.2) is 0 Å². The minimum Gasteiger partial charge on any atom is -0.594 e. The Morgan fingerprint density at radius 1 is 0.875 bits per heavy atom. The predicted molar refractivity (Wildman–Crippen MR) is 68.9 cm³/mol. The van der Waals surface area contributed by atoms with E-state index in [2.05, 4.69) is 0 Å². The molecule has 0 radical (unpaired) electrons. The number of aliphatic hydroxyl groups excluding tert-OH is 2. The van der Waals surface area contributed by atoms with Crippen molar-refractivity contribution in [2.45, 2.75) is 0 Å². The molecular weight excluding hydrogens is 272 g/mol. The molecule has 0 fully saturated rings. The summed E-state index contributed by atoms with van der Waals surface area (Å²) in [5, 5.41) is 16.9. The maximum Gasteiger partial charge on any atom is 0.106 e. The molecule has 0 aliphatic heterocycles. The molecule has 0 atom stereocenters. The van der Waals surface area contributed by atoms with Crippen LogP contribution in [0.25, 0.3) is 0 Å². The second-order valence-corrected chi connectivity index (χ2v) is 8.08. The Balaban J connectivity index is 3.09. The summed E-state index contributed by atoms with van der Waals surface area (Å²) in [6.07, 6.45) is 0. The second-order valence-electron chi connectivity index (χ2n) is 2.52. The van der Waals surface area contributed by atoms with E-state index in [0.717, 1.165) is 0 Å². The van der Waals surface area contributed by atoms with Gasteiger partial charge in [-0.3, -0.25) is 0 Å². The lowest BCUT2D eigenvalue weighted by molar-refractivity contribution is 0.103. The Morgan fingerprint density at radius 3 is 1.69 bits per heavy atom. The van der Waals surface area contributed by atoms with Crippen molar-refractivity contribution in [1.29, 1.82) is 0 Å². The van der Waals surface area contributed by atoms with Gasteiger partial charge in [-0.05, 0) is 0 Å². The summed E-state index contributed by atoms with van der Waals surface area (Å²) in [5.74, 6) is 1.30. The fourth-order valence-corrected chi connectivity index (χ4v) is 4.67. The van der Waals surface area contributed by atoms with Gasteiger partial charge >= 0.3 is 0 Å². The summed E-state index contributed by atoms with van der Waals surface area (Å²) in [6, 6.07) is 0. The lowest BCUT2D eigenvalue weighted by Gasteiger charge is -2.06. The number of aliphatic hydroxyl groups is 2. The zero-order chi connectivity index (χ0) is 12.1. The van der Waals surface area contributed by atoms with Crippen molar-refractivity contribution >= 4 is 30.8 Å². The average molecular weight is 290 g/mol. The van der Waals surface area contributed by atoms with E-state index in [9.17, 15) is 4.55 Å². The highest BCUT2D eigenvalue weighted by atomic mass is 33.5. The third kappa shape index (κ3) is 12.9. The summed E-state index contributed by atoms with van der Waals surface area (Å²) in [5.41, 5.74) is 0. The third-order valence-electron chi connectivity index (χ3n) is 1.29. The van der Waals surface area contributed by atoms with Gasteiger partial charge < -0.3 is 24.2 Å². The van der Waals surface area contributed by atoms with E-state index in [4.69, 9.17) is 19.7 Å². The van der Waals surface area contributed by atoms with Crippen molar-refractivity contribution in [3.05, 3.63) is 0 Å². The zero-order valence-corrected chi connectivity index (χ0v) is 11.5. The molecule has 0 saturated heterocycles. The summed E-state index contributed by atoms with van der Waals surface area (Å²) >= 11 is 0. The van der Waals surface area contributed by atoms with E-state index in [0.29, 0.717) is 37.9 Å². The van der Waals surface area contributed by atoms with E-state index in [-0.39, 0.29) is 13.2 Å². The van der Waals surface area contributed by atoms with E-state index in [1.807, 2.05) is 0 Å². The molecule has 0 bridgehead atoms. The second kappa shape index (κ2) is 13.9. The Hall–Kier alpha value is 0.850. The van der Waals surface area contributed by atoms with Crippen LogP contribution in [0, 0.1) is 0 Å². The maximum absolute atomic E-state index is 11.3. The normalized spacial score (nSPS) is 11.2. The number of rotatable bonds is 12. The lowest BCUT2D eigenvalue weighted by atomic mass is 10.7. The SMILES string of the molecule is [O-][S+](SCCOCCO)SCCOCCO. The van der Waals surface area contributed by atoms with Crippen LogP contribution in [0.15, 0.2) is 0 Å². The van der Waals surface area contributed by atoms with Crippen molar-refractivity contribution in [3.63, 3.8) is 0 Å². The van der Waals surface area contributed by atoms with Crippen LogP contribution in [0.5, 0.6) is 0 Å². The molecule has 0 aliphatic rings. The van der Waals surface area contributed by atoms with Crippen molar-refractivity contribution in [3.8, 4) is 0 Å². The highest BCUT2D eigenvalue weighted by Crippen LogP contribution is 2.25. The Kier molecular flexibility index (Phi) is 14.7. The quantitative estimate of drug-likeness (QED) is 0.298. The van der Waals surface area contributed by atoms with Gasteiger partial charge in [-0.1, -0.05) is 0 Å². The number of hydrogen-bond donors (Lipinski definition) is 2. The summed E-state index contributed by atoms with van der Waals surface area (Å²) < 4.78 is 21.4. The van der Waals surface area contributed by atoms with Gasteiger partial charge in [-0.25, -0.2) is 0 Å². The topological polar surface area (TPSA) is 82.0 Å². The minimum atomic E-state index is -0.983. The van der Waals surface area contributed by atoms with E-state index in [1.54, 1.807) is 0 Å². The van der Waals surface area contributed by atoms with Crippen LogP contribution in [-0.4, -0.2) is 65.9 Å². The monoisotopic (exact) mass is 290 g/mol. The van der Waals surface area contributed by atoms with Gasteiger partial charge in [0, 0.05) is 0 Å². The molecule has 8 heteroatoms. The molecule has 0 heterocycles. The highest BCUT2D eigenvalue weighted by molar-refractivity contribution is 9.04. The molecule has 0 amide bonds. The smallest absolute Gasteiger partial charge is 0.106 e. The van der Waals surface area contributed by atoms with Gasteiger partial charge in [0.05, 0.1) is 60.4 Å². The molecule has 98 valence electrons. The molecule has 0 aromatic carbocycles. The van der Waals surface area contributed by atoms with Crippen LogP contribution in [0.2, 0.25) is 0 Å². The predicted octanol–water partition coefficient (Wildman–Crippen LogP) is 0.0493. The first kappa shape index (κ1) is 16.9. The minimum absolute atomic E-state index is 0.0186. The van der Waals surface area contributed by atoms with Crippen molar-refractivity contribution in [1.82, 2.24) is 0 Å². The summed E-state index contributed by atoms with van der Waals surface area (Å²) in [7, 11) is 1.65. The first-order valence-corrected chi connectivity index (χ1v) is 9.02. The standard InChI is InChI=1S/C8H18O5S3/c9-1-3-12-5-7-14-16(11)15-8-6-13-4-2-10/h9-10H,1-8H2. The largest absolute Gasteiger partial charge is 0.594 e. The Bertz CT molecular complexity index is 127. The summed E-state index contributed by atoms with van der Waals surface area (Å²) in [6.45, 7) is 1.69. The molecule has 2 N–H and O–H groups in total. The molecule has 0 saturated carbocycles. The number of ether oxygens (including phenoxy) is 2. The van der Waals surface area contributed by atoms with Gasteiger partial charge in [0.1, 0.15) is 21.6 Å². The Morgan fingerprint density at radius 2 is 1.31 bits per heavy atom. The molecule has 16 heavy (non-hydrogen) atoms.